The number of methoxy groups -OCH3 is 1. The number of esters is 1. The Hall–Kier alpha value is -1.81. The minimum absolute atomic E-state index is 0.0417. The van der Waals surface area contributed by atoms with Crippen molar-refractivity contribution in [2.75, 3.05) is 13.7 Å². The highest BCUT2D eigenvalue weighted by Crippen LogP contribution is 2.30. The number of hydrogen-bond donors (Lipinski definition) is 1. The van der Waals surface area contributed by atoms with Crippen LogP contribution in [0.15, 0.2) is 36.9 Å². The van der Waals surface area contributed by atoms with Crippen LogP contribution in [0.5, 0.6) is 5.75 Å². The van der Waals surface area contributed by atoms with E-state index in [2.05, 4.69) is 11.3 Å². The first-order chi connectivity index (χ1) is 10.0. The van der Waals surface area contributed by atoms with Crippen molar-refractivity contribution < 1.29 is 19.4 Å². The molecule has 1 aromatic carbocycles. The van der Waals surface area contributed by atoms with Gasteiger partial charge in [0.2, 0.25) is 0 Å². The molecule has 0 saturated heterocycles. The summed E-state index contributed by atoms with van der Waals surface area (Å²) in [5, 5.41) is 9.47. The minimum atomic E-state index is -0.672. The molecule has 1 rings (SSSR count). The zero-order valence-electron chi connectivity index (χ0n) is 14.5. The van der Waals surface area contributed by atoms with Crippen LogP contribution in [0.2, 0.25) is 0 Å². The summed E-state index contributed by atoms with van der Waals surface area (Å²) in [6.07, 6.45) is 1.77. The normalized spacial score (nSPS) is 11.0. The Kier molecular flexibility index (Phi) is 7.88. The van der Waals surface area contributed by atoms with Gasteiger partial charge in [0.15, 0.2) is 6.61 Å². The van der Waals surface area contributed by atoms with Crippen molar-refractivity contribution in [1.82, 2.24) is 0 Å². The summed E-state index contributed by atoms with van der Waals surface area (Å²) in [6, 6.07) is 7.51. The molecule has 0 atom stereocenters. The van der Waals surface area contributed by atoms with Gasteiger partial charge >= 0.3 is 5.97 Å². The summed E-state index contributed by atoms with van der Waals surface area (Å²) in [4.78, 5) is 10.7. The molecule has 22 heavy (non-hydrogen) atoms. The van der Waals surface area contributed by atoms with E-state index >= 15 is 0 Å². The van der Waals surface area contributed by atoms with Crippen molar-refractivity contribution in [1.29, 1.82) is 0 Å². The lowest BCUT2D eigenvalue weighted by Gasteiger charge is -2.34. The second kappa shape index (κ2) is 8.59. The standard InChI is InChI=1S/C10H12O3.C8H16O/c1-8-4-3-5-9(6-8)13-7-10(11)12-2;1-6-7(2,3)8(4,5)9/h3-6H,7H2,1-2H3;6,9H,1H2,2-5H3. The fraction of sp³-hybridized carbons (Fsp3) is 0.500. The van der Waals surface area contributed by atoms with Gasteiger partial charge in [0, 0.05) is 5.41 Å². The molecule has 0 saturated carbocycles. The average molecular weight is 308 g/mol. The van der Waals surface area contributed by atoms with Crippen molar-refractivity contribution in [2.45, 2.75) is 40.2 Å². The van der Waals surface area contributed by atoms with Gasteiger partial charge in [-0.05, 0) is 38.5 Å². The van der Waals surface area contributed by atoms with E-state index in [4.69, 9.17) is 4.74 Å². The van der Waals surface area contributed by atoms with E-state index in [0.717, 1.165) is 5.56 Å². The highest BCUT2D eigenvalue weighted by Gasteiger charge is 2.31. The number of rotatable bonds is 5. The predicted molar refractivity (Wildman–Crippen MR) is 89.0 cm³/mol. The van der Waals surface area contributed by atoms with Gasteiger partial charge in [-0.25, -0.2) is 4.79 Å². The number of carbonyl (C=O) groups excluding carboxylic acids is 1. The number of hydrogen-bond acceptors (Lipinski definition) is 4. The molecule has 0 amide bonds. The number of carbonyl (C=O) groups is 1. The van der Waals surface area contributed by atoms with Crippen LogP contribution in [0.1, 0.15) is 33.3 Å². The Morgan fingerprint density at radius 3 is 2.27 bits per heavy atom. The predicted octanol–water partition coefficient (Wildman–Crippen LogP) is 3.52. The maximum absolute atomic E-state index is 10.7. The van der Waals surface area contributed by atoms with E-state index in [1.807, 2.05) is 39.0 Å². The van der Waals surface area contributed by atoms with Crippen LogP contribution >= 0.6 is 0 Å². The molecule has 0 spiro atoms. The summed E-state index contributed by atoms with van der Waals surface area (Å²) < 4.78 is 9.60. The summed E-state index contributed by atoms with van der Waals surface area (Å²) in [6.45, 7) is 13.0. The number of benzene rings is 1. The molecule has 0 aliphatic rings. The monoisotopic (exact) mass is 308 g/mol. The third kappa shape index (κ3) is 7.27. The maximum Gasteiger partial charge on any atom is 0.343 e. The first kappa shape index (κ1) is 20.2. The van der Waals surface area contributed by atoms with E-state index in [1.54, 1.807) is 26.0 Å². The lowest BCUT2D eigenvalue weighted by atomic mass is 9.78. The fourth-order valence-corrected chi connectivity index (χ4v) is 1.16. The Labute approximate surface area is 133 Å². The number of ether oxygens (including phenoxy) is 2. The van der Waals surface area contributed by atoms with Crippen LogP contribution in [-0.2, 0) is 9.53 Å². The Bertz CT molecular complexity index is 484. The van der Waals surface area contributed by atoms with Gasteiger partial charge in [-0.2, -0.15) is 0 Å². The van der Waals surface area contributed by atoms with E-state index in [1.165, 1.54) is 7.11 Å². The van der Waals surface area contributed by atoms with Gasteiger partial charge < -0.3 is 14.6 Å². The second-order valence-corrected chi connectivity index (χ2v) is 6.17. The molecule has 4 heteroatoms. The molecule has 1 N–H and O–H groups in total. The molecule has 0 heterocycles. The lowest BCUT2D eigenvalue weighted by molar-refractivity contribution is -0.142. The van der Waals surface area contributed by atoms with Crippen molar-refractivity contribution in [3.05, 3.63) is 42.5 Å². The van der Waals surface area contributed by atoms with Crippen molar-refractivity contribution in [3.63, 3.8) is 0 Å². The summed E-state index contributed by atoms with van der Waals surface area (Å²) in [5.74, 6) is 0.312. The molecule has 0 fully saturated rings. The first-order valence-corrected chi connectivity index (χ1v) is 7.15. The van der Waals surface area contributed by atoms with Crippen molar-refractivity contribution in [2.24, 2.45) is 5.41 Å². The van der Waals surface area contributed by atoms with Gasteiger partial charge in [0.1, 0.15) is 5.75 Å². The Morgan fingerprint density at radius 1 is 1.32 bits per heavy atom. The maximum atomic E-state index is 10.7. The third-order valence-electron chi connectivity index (χ3n) is 3.66. The summed E-state index contributed by atoms with van der Waals surface area (Å²) in [7, 11) is 1.34. The second-order valence-electron chi connectivity index (χ2n) is 6.17. The lowest BCUT2D eigenvalue weighted by Crippen LogP contribution is -2.36. The Balaban J connectivity index is 0.000000433. The highest BCUT2D eigenvalue weighted by molar-refractivity contribution is 5.70. The number of aryl methyl sites for hydroxylation is 1. The summed E-state index contributed by atoms with van der Waals surface area (Å²) in [5.41, 5.74) is 0.226. The molecule has 0 bridgehead atoms. The Morgan fingerprint density at radius 2 is 1.91 bits per heavy atom. The molecule has 0 radical (unpaired) electrons. The third-order valence-corrected chi connectivity index (χ3v) is 3.66. The van der Waals surface area contributed by atoms with Crippen LogP contribution in [0.4, 0.5) is 0 Å². The smallest absolute Gasteiger partial charge is 0.343 e. The fourth-order valence-electron chi connectivity index (χ4n) is 1.16. The van der Waals surface area contributed by atoms with Crippen molar-refractivity contribution in [3.8, 4) is 5.75 Å². The van der Waals surface area contributed by atoms with Gasteiger partial charge in [-0.15, -0.1) is 6.58 Å². The van der Waals surface area contributed by atoms with Crippen LogP contribution < -0.4 is 4.74 Å². The molecular formula is C18H28O4. The van der Waals surface area contributed by atoms with E-state index < -0.39 is 5.60 Å². The van der Waals surface area contributed by atoms with Crippen LogP contribution in [-0.4, -0.2) is 30.4 Å². The van der Waals surface area contributed by atoms with E-state index in [-0.39, 0.29) is 18.0 Å². The molecule has 0 aliphatic carbocycles. The zero-order valence-corrected chi connectivity index (χ0v) is 14.5. The largest absolute Gasteiger partial charge is 0.482 e. The molecule has 0 aliphatic heterocycles. The van der Waals surface area contributed by atoms with Crippen LogP contribution in [0.3, 0.4) is 0 Å². The van der Waals surface area contributed by atoms with Gasteiger partial charge in [0.05, 0.1) is 12.7 Å². The molecule has 4 nitrogen and oxygen atoms in total. The zero-order chi connectivity index (χ0) is 17.4. The SMILES string of the molecule is C=CC(C)(C)C(C)(C)O.COC(=O)COc1cccc(C)c1. The van der Waals surface area contributed by atoms with Gasteiger partial charge in [-0.3, -0.25) is 0 Å². The molecule has 124 valence electrons. The first-order valence-electron chi connectivity index (χ1n) is 7.15. The van der Waals surface area contributed by atoms with Crippen molar-refractivity contribution >= 4 is 5.97 Å². The van der Waals surface area contributed by atoms with Gasteiger partial charge in [0.25, 0.3) is 0 Å². The summed E-state index contributed by atoms with van der Waals surface area (Å²) >= 11 is 0. The van der Waals surface area contributed by atoms with E-state index in [0.29, 0.717) is 5.75 Å². The molecule has 1 aromatic rings. The molecular weight excluding hydrogens is 280 g/mol. The van der Waals surface area contributed by atoms with Crippen LogP contribution in [0, 0.1) is 12.3 Å². The average Bonchev–Trinajstić information content (AvgIpc) is 2.44. The van der Waals surface area contributed by atoms with Gasteiger partial charge in [-0.1, -0.05) is 32.1 Å². The molecule has 0 unspecified atom stereocenters. The topological polar surface area (TPSA) is 55.8 Å². The van der Waals surface area contributed by atoms with E-state index in [9.17, 15) is 9.90 Å². The highest BCUT2D eigenvalue weighted by atomic mass is 16.6. The van der Waals surface area contributed by atoms with Crippen LogP contribution in [0.25, 0.3) is 0 Å². The minimum Gasteiger partial charge on any atom is -0.482 e. The molecule has 0 aromatic heterocycles. The number of aliphatic hydroxyl groups is 1. The quantitative estimate of drug-likeness (QED) is 0.668.